The van der Waals surface area contributed by atoms with Gasteiger partial charge in [0.25, 0.3) is 0 Å². The fraction of sp³-hybridized carbons (Fsp3) is 0.333. The van der Waals surface area contributed by atoms with Gasteiger partial charge in [-0.2, -0.15) is 0 Å². The second kappa shape index (κ2) is 6.27. The van der Waals surface area contributed by atoms with Gasteiger partial charge >= 0.3 is 0 Å². The van der Waals surface area contributed by atoms with Crippen LogP contribution in [0.15, 0.2) is 36.4 Å². The first kappa shape index (κ1) is 15.3. The molecule has 2 aliphatic rings. The van der Waals surface area contributed by atoms with E-state index in [4.69, 9.17) is 4.74 Å². The summed E-state index contributed by atoms with van der Waals surface area (Å²) < 4.78 is 19.8. The highest BCUT2D eigenvalue weighted by molar-refractivity contribution is 5.85. The van der Waals surface area contributed by atoms with Crippen LogP contribution in [-0.4, -0.2) is 6.54 Å². The molecule has 2 aromatic rings. The summed E-state index contributed by atoms with van der Waals surface area (Å²) in [5, 5.41) is 3.35. The first-order valence-corrected chi connectivity index (χ1v) is 7.59. The van der Waals surface area contributed by atoms with E-state index in [2.05, 4.69) is 11.4 Å². The predicted molar refractivity (Wildman–Crippen MR) is 87.5 cm³/mol. The monoisotopic (exact) mass is 319 g/mol. The van der Waals surface area contributed by atoms with E-state index in [0.29, 0.717) is 11.7 Å². The predicted octanol–water partition coefficient (Wildman–Crippen LogP) is 4.56. The lowest BCUT2D eigenvalue weighted by molar-refractivity contribution is 0.473. The Morgan fingerprint density at radius 1 is 1.00 bits per heavy atom. The number of benzene rings is 2. The quantitative estimate of drug-likeness (QED) is 0.895. The third kappa shape index (κ3) is 3.11. The third-order valence-electron chi connectivity index (χ3n) is 4.29. The van der Waals surface area contributed by atoms with Gasteiger partial charge in [0.2, 0.25) is 0 Å². The maximum absolute atomic E-state index is 14.0. The smallest absolute Gasteiger partial charge is 0.130 e. The van der Waals surface area contributed by atoms with E-state index in [1.165, 1.54) is 17.2 Å². The zero-order valence-electron chi connectivity index (χ0n) is 12.3. The van der Waals surface area contributed by atoms with Gasteiger partial charge in [0, 0.05) is 12.6 Å². The minimum atomic E-state index is -0.144. The van der Waals surface area contributed by atoms with Crippen molar-refractivity contribution in [2.75, 3.05) is 6.54 Å². The Bertz CT molecular complexity index is 685. The Labute approximate surface area is 136 Å². The molecule has 2 nitrogen and oxygen atoms in total. The number of ether oxygens (including phenoxy) is 1. The van der Waals surface area contributed by atoms with Gasteiger partial charge in [0.1, 0.15) is 17.3 Å². The van der Waals surface area contributed by atoms with Gasteiger partial charge in [0.05, 0.1) is 0 Å². The fourth-order valence-electron chi connectivity index (χ4n) is 2.95. The Balaban J connectivity index is 0.00000144. The lowest BCUT2D eigenvalue weighted by Gasteiger charge is -2.18. The molecule has 4 rings (SSSR count). The van der Waals surface area contributed by atoms with Crippen molar-refractivity contribution in [3.8, 4) is 11.5 Å². The lowest BCUT2D eigenvalue weighted by atomic mass is 10.0. The number of halogens is 2. The van der Waals surface area contributed by atoms with Crippen molar-refractivity contribution in [2.45, 2.75) is 31.7 Å². The van der Waals surface area contributed by atoms with Crippen molar-refractivity contribution < 1.29 is 9.13 Å². The van der Waals surface area contributed by atoms with E-state index in [9.17, 15) is 4.39 Å². The van der Waals surface area contributed by atoms with Crippen LogP contribution in [0.5, 0.6) is 11.5 Å². The summed E-state index contributed by atoms with van der Waals surface area (Å²) in [4.78, 5) is 0. The highest BCUT2D eigenvalue weighted by atomic mass is 35.5. The molecule has 0 aromatic heterocycles. The maximum Gasteiger partial charge on any atom is 0.130 e. The minimum absolute atomic E-state index is 0. The highest BCUT2D eigenvalue weighted by Crippen LogP contribution is 2.42. The number of rotatable bonds is 3. The molecule has 0 unspecified atom stereocenters. The molecule has 2 aromatic carbocycles. The van der Waals surface area contributed by atoms with Crippen molar-refractivity contribution >= 4 is 12.4 Å². The third-order valence-corrected chi connectivity index (χ3v) is 4.29. The van der Waals surface area contributed by atoms with Crippen LogP contribution in [0, 0.1) is 5.82 Å². The van der Waals surface area contributed by atoms with E-state index in [1.807, 2.05) is 24.3 Å². The van der Waals surface area contributed by atoms with Crippen molar-refractivity contribution in [2.24, 2.45) is 0 Å². The van der Waals surface area contributed by atoms with Crippen LogP contribution < -0.4 is 10.1 Å². The molecule has 0 radical (unpaired) electrons. The zero-order chi connectivity index (χ0) is 14.2. The van der Waals surface area contributed by atoms with E-state index < -0.39 is 0 Å². The minimum Gasteiger partial charge on any atom is -0.457 e. The standard InChI is InChI=1S/C18H18FNO.ClH/c19-18-10-16(5-6-17(18)13-1-2-13)21-15-4-3-12-7-8-20-11-14(12)9-15;/h3-6,9-10,13,20H,1-2,7-8,11H2;1H. The van der Waals surface area contributed by atoms with Gasteiger partial charge < -0.3 is 10.1 Å². The molecule has 1 saturated carbocycles. The summed E-state index contributed by atoms with van der Waals surface area (Å²) in [7, 11) is 0. The Kier molecular flexibility index (Phi) is 4.37. The summed E-state index contributed by atoms with van der Waals surface area (Å²) in [5.74, 6) is 1.63. The van der Waals surface area contributed by atoms with Gasteiger partial charge in [-0.05, 0) is 66.6 Å². The maximum atomic E-state index is 14.0. The normalized spacial score (nSPS) is 16.6. The number of nitrogens with one attached hydrogen (secondary N) is 1. The Morgan fingerprint density at radius 2 is 1.77 bits per heavy atom. The SMILES string of the molecule is Cl.Fc1cc(Oc2ccc3c(c2)CNCC3)ccc1C1CC1. The van der Waals surface area contributed by atoms with E-state index >= 15 is 0 Å². The lowest BCUT2D eigenvalue weighted by Crippen LogP contribution is -2.23. The summed E-state index contributed by atoms with van der Waals surface area (Å²) in [6, 6.07) is 11.4. The molecule has 0 atom stereocenters. The molecule has 0 spiro atoms. The molecular formula is C18H19ClFNO. The Morgan fingerprint density at radius 3 is 2.55 bits per heavy atom. The van der Waals surface area contributed by atoms with Gasteiger partial charge in [-0.3, -0.25) is 0 Å². The molecule has 0 amide bonds. The molecular weight excluding hydrogens is 301 g/mol. The van der Waals surface area contributed by atoms with E-state index in [0.717, 1.165) is 43.7 Å². The van der Waals surface area contributed by atoms with Crippen LogP contribution in [0.4, 0.5) is 4.39 Å². The zero-order valence-corrected chi connectivity index (χ0v) is 13.1. The van der Waals surface area contributed by atoms with Crippen LogP contribution in [0.2, 0.25) is 0 Å². The van der Waals surface area contributed by atoms with Crippen molar-refractivity contribution in [1.82, 2.24) is 5.32 Å². The average Bonchev–Trinajstić information content (AvgIpc) is 3.32. The molecule has 1 heterocycles. The molecule has 0 saturated heterocycles. The van der Waals surface area contributed by atoms with Gasteiger partial charge in [-0.15, -0.1) is 12.4 Å². The van der Waals surface area contributed by atoms with Gasteiger partial charge in [-0.25, -0.2) is 4.39 Å². The molecule has 116 valence electrons. The molecule has 1 N–H and O–H groups in total. The fourth-order valence-corrected chi connectivity index (χ4v) is 2.95. The second-order valence-electron chi connectivity index (χ2n) is 5.92. The van der Waals surface area contributed by atoms with Gasteiger partial charge in [-0.1, -0.05) is 12.1 Å². The van der Waals surface area contributed by atoms with Crippen LogP contribution in [0.1, 0.15) is 35.4 Å². The summed E-state index contributed by atoms with van der Waals surface area (Å²) in [6.07, 6.45) is 3.27. The summed E-state index contributed by atoms with van der Waals surface area (Å²) in [5.41, 5.74) is 3.47. The van der Waals surface area contributed by atoms with E-state index in [-0.39, 0.29) is 18.2 Å². The van der Waals surface area contributed by atoms with Crippen LogP contribution in [0.3, 0.4) is 0 Å². The van der Waals surface area contributed by atoms with Crippen LogP contribution in [-0.2, 0) is 13.0 Å². The summed E-state index contributed by atoms with van der Waals surface area (Å²) >= 11 is 0. The van der Waals surface area contributed by atoms with Crippen molar-refractivity contribution in [3.63, 3.8) is 0 Å². The topological polar surface area (TPSA) is 21.3 Å². The van der Waals surface area contributed by atoms with Crippen molar-refractivity contribution in [1.29, 1.82) is 0 Å². The van der Waals surface area contributed by atoms with Crippen molar-refractivity contribution in [3.05, 3.63) is 58.9 Å². The average molecular weight is 320 g/mol. The molecule has 4 heteroatoms. The molecule has 1 fully saturated rings. The van der Waals surface area contributed by atoms with E-state index in [1.54, 1.807) is 0 Å². The van der Waals surface area contributed by atoms with Gasteiger partial charge in [0.15, 0.2) is 0 Å². The first-order valence-electron chi connectivity index (χ1n) is 7.59. The molecule has 1 aliphatic carbocycles. The second-order valence-corrected chi connectivity index (χ2v) is 5.92. The largest absolute Gasteiger partial charge is 0.457 e. The summed E-state index contributed by atoms with van der Waals surface area (Å²) in [6.45, 7) is 1.91. The van der Waals surface area contributed by atoms with Crippen LogP contribution >= 0.6 is 12.4 Å². The first-order chi connectivity index (χ1) is 10.3. The molecule has 22 heavy (non-hydrogen) atoms. The number of hydrogen-bond acceptors (Lipinski definition) is 2. The molecule has 1 aliphatic heterocycles. The van der Waals surface area contributed by atoms with Crippen LogP contribution in [0.25, 0.3) is 0 Å². The highest BCUT2D eigenvalue weighted by Gasteiger charge is 2.26. The Hall–Kier alpha value is -1.58. The number of fused-ring (bicyclic) bond motifs is 1. The number of hydrogen-bond donors (Lipinski definition) is 1. The molecule has 0 bridgehead atoms.